The average Bonchev–Trinajstić information content (AvgIpc) is 2.85. The zero-order chi connectivity index (χ0) is 27.7. The summed E-state index contributed by atoms with van der Waals surface area (Å²) in [6.45, 7) is 12.2. The van der Waals surface area contributed by atoms with Crippen LogP contribution in [-0.4, -0.2) is 46.6 Å². The van der Waals surface area contributed by atoms with Crippen molar-refractivity contribution in [2.75, 3.05) is 0 Å². The van der Waals surface area contributed by atoms with Gasteiger partial charge in [0.15, 0.2) is 11.6 Å². The topological polar surface area (TPSA) is 82.1 Å². The first-order chi connectivity index (χ1) is 17.9. The number of allylic oxidation sites excluding steroid dienone is 5. The summed E-state index contributed by atoms with van der Waals surface area (Å²) in [5, 5.41) is 11.8. The number of ether oxygens (including phenoxy) is 3. The highest BCUT2D eigenvalue weighted by Crippen LogP contribution is 2.44. The molecular formula is C32H46O6. The van der Waals surface area contributed by atoms with Crippen molar-refractivity contribution in [1.29, 1.82) is 0 Å². The Bertz CT molecular complexity index is 1040. The molecule has 38 heavy (non-hydrogen) atoms. The number of hydrogen-bond donors (Lipinski definition) is 1. The van der Waals surface area contributed by atoms with E-state index in [4.69, 9.17) is 14.2 Å². The van der Waals surface area contributed by atoms with E-state index in [-0.39, 0.29) is 24.4 Å². The summed E-state index contributed by atoms with van der Waals surface area (Å²) in [7, 11) is 0. The summed E-state index contributed by atoms with van der Waals surface area (Å²) < 4.78 is 19.5. The number of carbonyl (C=O) groups excluding carboxylic acids is 2. The molecule has 4 aliphatic rings. The molecule has 1 aliphatic carbocycles. The Morgan fingerprint density at radius 3 is 2.61 bits per heavy atom. The van der Waals surface area contributed by atoms with Gasteiger partial charge >= 0.3 is 5.97 Å². The molecule has 0 aromatic rings. The Kier molecular flexibility index (Phi) is 8.85. The number of carbonyl (C=O) groups is 2. The van der Waals surface area contributed by atoms with E-state index in [1.807, 2.05) is 12.2 Å². The summed E-state index contributed by atoms with van der Waals surface area (Å²) in [4.78, 5) is 26.4. The molecule has 4 rings (SSSR count). The van der Waals surface area contributed by atoms with E-state index in [0.717, 1.165) is 32.1 Å². The van der Waals surface area contributed by atoms with Crippen LogP contribution in [0.15, 0.2) is 47.1 Å². The van der Waals surface area contributed by atoms with Crippen LogP contribution in [0.1, 0.15) is 92.9 Å². The Morgan fingerprint density at radius 2 is 1.87 bits per heavy atom. The van der Waals surface area contributed by atoms with E-state index in [0.29, 0.717) is 35.8 Å². The molecule has 2 bridgehead atoms. The molecule has 6 nitrogen and oxygen atoms in total. The number of Topliss-reactive ketones (excluding diaryl/α,β-unsaturated/α-hetero) is 1. The van der Waals surface area contributed by atoms with Crippen molar-refractivity contribution in [3.05, 3.63) is 47.1 Å². The van der Waals surface area contributed by atoms with Crippen molar-refractivity contribution in [2.24, 2.45) is 17.8 Å². The number of hydrogen-bond acceptors (Lipinski definition) is 6. The van der Waals surface area contributed by atoms with Crippen LogP contribution < -0.4 is 0 Å². The first-order valence-electron chi connectivity index (χ1n) is 14.5. The van der Waals surface area contributed by atoms with Gasteiger partial charge in [0.25, 0.3) is 0 Å². The van der Waals surface area contributed by atoms with Gasteiger partial charge in [0.1, 0.15) is 17.6 Å². The maximum absolute atomic E-state index is 13.7. The summed E-state index contributed by atoms with van der Waals surface area (Å²) in [6.07, 6.45) is 14.5. The summed E-state index contributed by atoms with van der Waals surface area (Å²) in [6, 6.07) is 0. The van der Waals surface area contributed by atoms with Gasteiger partial charge in [0.05, 0.1) is 12.2 Å². The van der Waals surface area contributed by atoms with Crippen LogP contribution in [-0.2, 0) is 23.8 Å². The predicted octanol–water partition coefficient (Wildman–Crippen LogP) is 6.14. The fourth-order valence-electron chi connectivity index (χ4n) is 6.55. The quantitative estimate of drug-likeness (QED) is 0.326. The highest BCUT2D eigenvalue weighted by atomic mass is 16.7. The average molecular weight is 527 g/mol. The van der Waals surface area contributed by atoms with Gasteiger partial charge in [-0.25, -0.2) is 0 Å². The molecule has 2 fully saturated rings. The lowest BCUT2D eigenvalue weighted by Crippen LogP contribution is -2.55. The van der Waals surface area contributed by atoms with Gasteiger partial charge in [-0.05, 0) is 69.4 Å². The molecule has 6 heteroatoms. The summed E-state index contributed by atoms with van der Waals surface area (Å²) >= 11 is 0. The number of aliphatic hydroxyl groups is 1. The minimum Gasteiger partial charge on any atom is -0.462 e. The van der Waals surface area contributed by atoms with Crippen molar-refractivity contribution < 1.29 is 28.9 Å². The van der Waals surface area contributed by atoms with Gasteiger partial charge in [0.2, 0.25) is 0 Å². The summed E-state index contributed by atoms with van der Waals surface area (Å²) in [5.74, 6) is -1.63. The number of fused-ring (bicyclic) bond motifs is 3. The van der Waals surface area contributed by atoms with Crippen LogP contribution in [0, 0.1) is 17.8 Å². The number of ketones is 1. The van der Waals surface area contributed by atoms with Gasteiger partial charge < -0.3 is 19.3 Å². The molecule has 210 valence electrons. The SMILES string of the molecule is CC[C@H]1O[C@]2(CC[C@@H]1C)C[C@@H]1C[C@@H](C/C=C(\C)C[C@@H](C)/C=C/C=C(\C)[C@]3(O)CC(=O)C(C)=C[C@H]3C(=O)O1)O2. The Labute approximate surface area is 228 Å². The third-order valence-corrected chi connectivity index (χ3v) is 9.01. The van der Waals surface area contributed by atoms with Crippen LogP contribution in [0.5, 0.6) is 0 Å². The minimum atomic E-state index is -1.62. The lowest BCUT2D eigenvalue weighted by Gasteiger charge is -2.49. The van der Waals surface area contributed by atoms with Crippen LogP contribution in [0.25, 0.3) is 0 Å². The second-order valence-electron chi connectivity index (χ2n) is 12.3. The highest BCUT2D eigenvalue weighted by Gasteiger charge is 2.51. The molecular weight excluding hydrogens is 480 g/mol. The zero-order valence-electron chi connectivity index (χ0n) is 24.0. The van der Waals surface area contributed by atoms with Gasteiger partial charge in [0, 0.05) is 25.7 Å². The minimum absolute atomic E-state index is 0.106. The van der Waals surface area contributed by atoms with Crippen LogP contribution >= 0.6 is 0 Å². The standard InChI is InChI=1S/C32H46O6/c1-7-29-22(4)13-14-31(38-29)18-26-17-25(37-31)12-11-21(3)15-20(2)9-8-10-24(6)32(35)19-28(33)23(5)16-27(32)30(34)36-26/h8-11,16,20,22,25-27,29,35H,7,12-15,17-19H2,1-6H3/b9-8+,21-11+,24-10+/t20-,22-,25+,26-,27-,29+,31+,32+/m0/s1. The van der Waals surface area contributed by atoms with Crippen molar-refractivity contribution >= 4 is 11.8 Å². The van der Waals surface area contributed by atoms with Crippen LogP contribution in [0.3, 0.4) is 0 Å². The molecule has 1 N–H and O–H groups in total. The van der Waals surface area contributed by atoms with Gasteiger partial charge in [-0.3, -0.25) is 9.59 Å². The maximum Gasteiger partial charge on any atom is 0.316 e. The molecule has 0 amide bonds. The summed E-state index contributed by atoms with van der Waals surface area (Å²) in [5.41, 5.74) is 0.727. The molecule has 1 spiro atoms. The molecule has 3 aliphatic heterocycles. The van der Waals surface area contributed by atoms with Gasteiger partial charge in [-0.1, -0.05) is 56.7 Å². The van der Waals surface area contributed by atoms with Crippen molar-refractivity contribution in [3.63, 3.8) is 0 Å². The predicted molar refractivity (Wildman–Crippen MR) is 147 cm³/mol. The Morgan fingerprint density at radius 1 is 1.11 bits per heavy atom. The van der Waals surface area contributed by atoms with E-state index in [1.165, 1.54) is 5.57 Å². The lowest BCUT2D eigenvalue weighted by atomic mass is 9.72. The van der Waals surface area contributed by atoms with Crippen molar-refractivity contribution in [1.82, 2.24) is 0 Å². The number of esters is 1. The third kappa shape index (κ3) is 6.24. The molecule has 0 aromatic heterocycles. The molecule has 2 saturated heterocycles. The monoisotopic (exact) mass is 526 g/mol. The fraction of sp³-hybridized carbons (Fsp3) is 0.688. The van der Waals surface area contributed by atoms with E-state index >= 15 is 0 Å². The van der Waals surface area contributed by atoms with Gasteiger partial charge in [-0.15, -0.1) is 0 Å². The molecule has 8 atom stereocenters. The second-order valence-corrected chi connectivity index (χ2v) is 12.3. The molecule has 3 heterocycles. The number of rotatable bonds is 1. The van der Waals surface area contributed by atoms with E-state index in [1.54, 1.807) is 19.9 Å². The van der Waals surface area contributed by atoms with E-state index < -0.39 is 29.4 Å². The largest absolute Gasteiger partial charge is 0.462 e. The smallest absolute Gasteiger partial charge is 0.316 e. The second kappa shape index (κ2) is 11.6. The van der Waals surface area contributed by atoms with Gasteiger partial charge in [-0.2, -0.15) is 0 Å². The molecule has 0 radical (unpaired) electrons. The zero-order valence-corrected chi connectivity index (χ0v) is 24.0. The first-order valence-corrected chi connectivity index (χ1v) is 14.5. The first kappa shape index (κ1) is 29.0. The highest BCUT2D eigenvalue weighted by molar-refractivity contribution is 5.99. The maximum atomic E-state index is 13.7. The molecule has 0 saturated carbocycles. The Hall–Kier alpha value is -2.02. The normalized spacial score (nSPS) is 44.7. The van der Waals surface area contributed by atoms with Crippen molar-refractivity contribution in [2.45, 2.75) is 123 Å². The molecule has 0 aromatic carbocycles. The van der Waals surface area contributed by atoms with E-state index in [9.17, 15) is 14.7 Å². The van der Waals surface area contributed by atoms with Crippen LogP contribution in [0.2, 0.25) is 0 Å². The Balaban J connectivity index is 1.71. The fourth-order valence-corrected chi connectivity index (χ4v) is 6.55. The van der Waals surface area contributed by atoms with Crippen molar-refractivity contribution in [3.8, 4) is 0 Å². The van der Waals surface area contributed by atoms with Crippen LogP contribution in [0.4, 0.5) is 0 Å². The lowest BCUT2D eigenvalue weighted by molar-refractivity contribution is -0.335. The molecule has 0 unspecified atom stereocenters. The van der Waals surface area contributed by atoms with E-state index in [2.05, 4.69) is 39.8 Å². The third-order valence-electron chi connectivity index (χ3n) is 9.01.